The van der Waals surface area contributed by atoms with E-state index in [2.05, 4.69) is 13.8 Å². The summed E-state index contributed by atoms with van der Waals surface area (Å²) >= 11 is 0. The molecule has 2 unspecified atom stereocenters. The smallest absolute Gasteiger partial charge is 0.329 e. The summed E-state index contributed by atoms with van der Waals surface area (Å²) in [7, 11) is 0. The standard InChI is InChI=1S/C23H22N2O5/c1-3-14(2)16-8-6-7-11-19(16)24-13-15(12-20(24)26)23(29)30-25-21(27)17-9-4-5-10-18(17)22(25)28/h4-11,14-15H,3,12-13H2,1-2H3. The number of hydrogen-bond acceptors (Lipinski definition) is 5. The van der Waals surface area contributed by atoms with Gasteiger partial charge in [0.05, 0.1) is 17.0 Å². The van der Waals surface area contributed by atoms with Crippen molar-refractivity contribution in [2.45, 2.75) is 32.6 Å². The van der Waals surface area contributed by atoms with Crippen molar-refractivity contribution >= 4 is 29.4 Å². The van der Waals surface area contributed by atoms with Gasteiger partial charge >= 0.3 is 5.97 Å². The van der Waals surface area contributed by atoms with E-state index in [1.807, 2.05) is 24.3 Å². The highest BCUT2D eigenvalue weighted by molar-refractivity contribution is 6.21. The summed E-state index contributed by atoms with van der Waals surface area (Å²) in [5.41, 5.74) is 2.22. The number of rotatable bonds is 5. The molecule has 1 fully saturated rings. The number of imide groups is 1. The second-order valence-electron chi connectivity index (χ2n) is 7.63. The molecule has 7 heteroatoms. The number of anilines is 1. The van der Waals surface area contributed by atoms with Crippen molar-refractivity contribution in [1.82, 2.24) is 5.06 Å². The van der Waals surface area contributed by atoms with Crippen LogP contribution in [-0.2, 0) is 14.4 Å². The highest BCUT2D eigenvalue weighted by atomic mass is 16.7. The molecule has 7 nitrogen and oxygen atoms in total. The molecule has 154 valence electrons. The first kappa shape index (κ1) is 19.8. The number of fused-ring (bicyclic) bond motifs is 1. The number of hydroxylamine groups is 2. The number of carbonyl (C=O) groups is 4. The molecule has 2 heterocycles. The molecule has 2 aliphatic rings. The first-order valence-corrected chi connectivity index (χ1v) is 10.0. The average Bonchev–Trinajstić information content (AvgIpc) is 3.27. The second kappa shape index (κ2) is 7.74. The maximum atomic E-state index is 12.7. The van der Waals surface area contributed by atoms with E-state index in [0.29, 0.717) is 5.06 Å². The molecule has 30 heavy (non-hydrogen) atoms. The Bertz CT molecular complexity index is 1010. The predicted molar refractivity (Wildman–Crippen MR) is 109 cm³/mol. The molecule has 4 rings (SSSR count). The van der Waals surface area contributed by atoms with Crippen molar-refractivity contribution in [2.75, 3.05) is 11.4 Å². The Hall–Kier alpha value is -3.48. The van der Waals surface area contributed by atoms with Gasteiger partial charge in [0.15, 0.2) is 0 Å². The number of amides is 3. The number of benzene rings is 2. The van der Waals surface area contributed by atoms with Crippen LogP contribution in [-0.4, -0.2) is 35.3 Å². The Morgan fingerprint density at radius 2 is 1.63 bits per heavy atom. The van der Waals surface area contributed by atoms with Gasteiger partial charge in [-0.2, -0.15) is 0 Å². The van der Waals surface area contributed by atoms with Crippen LogP contribution in [0.1, 0.15) is 58.9 Å². The fraction of sp³-hybridized carbons (Fsp3) is 0.304. The second-order valence-corrected chi connectivity index (χ2v) is 7.63. The van der Waals surface area contributed by atoms with Crippen molar-refractivity contribution < 1.29 is 24.0 Å². The predicted octanol–water partition coefficient (Wildman–Crippen LogP) is 3.31. The van der Waals surface area contributed by atoms with E-state index in [-0.39, 0.29) is 35.9 Å². The third kappa shape index (κ3) is 3.26. The first-order chi connectivity index (χ1) is 14.4. The Labute approximate surface area is 174 Å². The van der Waals surface area contributed by atoms with E-state index in [0.717, 1.165) is 17.7 Å². The van der Waals surface area contributed by atoms with Crippen LogP contribution in [0.3, 0.4) is 0 Å². The molecule has 0 N–H and O–H groups in total. The number of para-hydroxylation sites is 1. The van der Waals surface area contributed by atoms with E-state index in [4.69, 9.17) is 4.84 Å². The normalized spacial score (nSPS) is 19.3. The minimum Gasteiger partial charge on any atom is -0.329 e. The van der Waals surface area contributed by atoms with E-state index in [1.165, 1.54) is 12.1 Å². The molecule has 0 aliphatic carbocycles. The summed E-state index contributed by atoms with van der Waals surface area (Å²) in [4.78, 5) is 56.9. The summed E-state index contributed by atoms with van der Waals surface area (Å²) in [5, 5.41) is 0.493. The van der Waals surface area contributed by atoms with Crippen LogP contribution in [0.25, 0.3) is 0 Å². The summed E-state index contributed by atoms with van der Waals surface area (Å²) in [6, 6.07) is 13.9. The molecule has 2 aromatic rings. The fourth-order valence-corrected chi connectivity index (χ4v) is 3.88. The molecule has 0 saturated carbocycles. The van der Waals surface area contributed by atoms with Gasteiger partial charge in [0.2, 0.25) is 5.91 Å². The van der Waals surface area contributed by atoms with E-state index in [1.54, 1.807) is 17.0 Å². The lowest BCUT2D eigenvalue weighted by molar-refractivity contribution is -0.173. The van der Waals surface area contributed by atoms with Gasteiger partial charge in [-0.1, -0.05) is 49.2 Å². The SMILES string of the molecule is CCC(C)c1ccccc1N1CC(C(=O)ON2C(=O)c3ccccc3C2=O)CC1=O. The maximum Gasteiger partial charge on any atom is 0.338 e. The topological polar surface area (TPSA) is 84.0 Å². The molecule has 2 aliphatic heterocycles. The summed E-state index contributed by atoms with van der Waals surface area (Å²) in [6.07, 6.45) is 0.890. The minimum atomic E-state index is -0.763. The minimum absolute atomic E-state index is 0.0309. The third-order valence-electron chi connectivity index (χ3n) is 5.77. The highest BCUT2D eigenvalue weighted by Crippen LogP contribution is 2.34. The van der Waals surface area contributed by atoms with Crippen LogP contribution in [0.15, 0.2) is 48.5 Å². The van der Waals surface area contributed by atoms with Gasteiger partial charge in [0, 0.05) is 18.7 Å². The third-order valence-corrected chi connectivity index (χ3v) is 5.77. The van der Waals surface area contributed by atoms with Crippen LogP contribution >= 0.6 is 0 Å². The molecular weight excluding hydrogens is 384 g/mol. The highest BCUT2D eigenvalue weighted by Gasteiger charge is 2.43. The van der Waals surface area contributed by atoms with Gasteiger partial charge in [-0.3, -0.25) is 14.4 Å². The summed E-state index contributed by atoms with van der Waals surface area (Å²) in [6.45, 7) is 4.32. The van der Waals surface area contributed by atoms with Gasteiger partial charge < -0.3 is 9.74 Å². The quantitative estimate of drug-likeness (QED) is 0.712. The van der Waals surface area contributed by atoms with Crippen molar-refractivity contribution in [3.05, 3.63) is 65.2 Å². The number of carbonyl (C=O) groups excluding carboxylic acids is 4. The Kier molecular flexibility index (Phi) is 5.11. The van der Waals surface area contributed by atoms with Crippen LogP contribution in [0.5, 0.6) is 0 Å². The molecular formula is C23H22N2O5. The zero-order valence-electron chi connectivity index (χ0n) is 16.8. The summed E-state index contributed by atoms with van der Waals surface area (Å²) in [5.74, 6) is -2.79. The lowest BCUT2D eigenvalue weighted by Gasteiger charge is -2.23. The Morgan fingerprint density at radius 1 is 1.03 bits per heavy atom. The lowest BCUT2D eigenvalue weighted by atomic mass is 9.96. The van der Waals surface area contributed by atoms with Crippen LogP contribution in [0.2, 0.25) is 0 Å². The number of hydrogen-bond donors (Lipinski definition) is 0. The van der Waals surface area contributed by atoms with Crippen molar-refractivity contribution in [2.24, 2.45) is 5.92 Å². The molecule has 0 spiro atoms. The van der Waals surface area contributed by atoms with Gasteiger partial charge in [-0.15, -0.1) is 0 Å². The fourth-order valence-electron chi connectivity index (χ4n) is 3.88. The molecule has 1 saturated heterocycles. The molecule has 2 atom stereocenters. The van der Waals surface area contributed by atoms with Gasteiger partial charge in [0.1, 0.15) is 0 Å². The molecule has 0 aromatic heterocycles. The zero-order chi connectivity index (χ0) is 21.4. The van der Waals surface area contributed by atoms with Crippen molar-refractivity contribution in [1.29, 1.82) is 0 Å². The number of nitrogens with zero attached hydrogens (tertiary/aromatic N) is 2. The van der Waals surface area contributed by atoms with Gasteiger partial charge in [0.25, 0.3) is 11.8 Å². The van der Waals surface area contributed by atoms with Crippen LogP contribution < -0.4 is 4.90 Å². The van der Waals surface area contributed by atoms with Gasteiger partial charge in [-0.05, 0) is 36.1 Å². The van der Waals surface area contributed by atoms with E-state index in [9.17, 15) is 19.2 Å². The van der Waals surface area contributed by atoms with E-state index >= 15 is 0 Å². The van der Waals surface area contributed by atoms with Crippen LogP contribution in [0.4, 0.5) is 5.69 Å². The van der Waals surface area contributed by atoms with Gasteiger partial charge in [-0.25, -0.2) is 4.79 Å². The molecule has 2 aromatic carbocycles. The first-order valence-electron chi connectivity index (χ1n) is 10.0. The lowest BCUT2D eigenvalue weighted by Crippen LogP contribution is -2.36. The molecule has 0 bridgehead atoms. The summed E-state index contributed by atoms with van der Waals surface area (Å²) < 4.78 is 0. The van der Waals surface area contributed by atoms with Crippen molar-refractivity contribution in [3.8, 4) is 0 Å². The molecule has 0 radical (unpaired) electrons. The average molecular weight is 406 g/mol. The molecule has 3 amide bonds. The van der Waals surface area contributed by atoms with Crippen LogP contribution in [0, 0.1) is 5.92 Å². The Morgan fingerprint density at radius 3 is 2.27 bits per heavy atom. The largest absolute Gasteiger partial charge is 0.338 e. The maximum absolute atomic E-state index is 12.7. The monoisotopic (exact) mass is 406 g/mol. The Balaban J connectivity index is 1.50. The zero-order valence-corrected chi connectivity index (χ0v) is 16.8. The van der Waals surface area contributed by atoms with Crippen molar-refractivity contribution in [3.63, 3.8) is 0 Å². The van der Waals surface area contributed by atoms with E-state index < -0.39 is 23.7 Å².